The number of para-hydroxylation sites is 1. The molecular weight excluding hydrogens is 182 g/mol. The van der Waals surface area contributed by atoms with Crippen molar-refractivity contribution < 1.29 is 14.4 Å². The Balaban J connectivity index is 2.32. The number of β-lactam (4-membered cyclic amide) rings is 1. The molecule has 2 rings (SSSR count). The summed E-state index contributed by atoms with van der Waals surface area (Å²) in [5.41, 5.74) is 0.578. The van der Waals surface area contributed by atoms with Crippen LogP contribution in [0, 0.1) is 0 Å². The number of carbonyl (C=O) groups is 3. The molecule has 0 aromatic heterocycles. The van der Waals surface area contributed by atoms with E-state index in [1.54, 1.807) is 30.3 Å². The van der Waals surface area contributed by atoms with Crippen LogP contribution in [0.2, 0.25) is 0 Å². The van der Waals surface area contributed by atoms with Crippen molar-refractivity contribution in [2.75, 3.05) is 4.90 Å². The molecule has 1 amide bonds. The summed E-state index contributed by atoms with van der Waals surface area (Å²) in [4.78, 5) is 33.8. The van der Waals surface area contributed by atoms with Gasteiger partial charge in [0.15, 0.2) is 12.3 Å². The normalized spacial score (nSPS) is 20.6. The third kappa shape index (κ3) is 1.04. The van der Waals surface area contributed by atoms with Gasteiger partial charge in [0.1, 0.15) is 0 Å². The lowest BCUT2D eigenvalue weighted by Crippen LogP contribution is -2.63. The topological polar surface area (TPSA) is 54.5 Å². The number of hydrogen-bond donors (Lipinski definition) is 0. The minimum atomic E-state index is -0.926. The summed E-state index contributed by atoms with van der Waals surface area (Å²) in [6.07, 6.45) is 0.483. The fraction of sp³-hybridized carbons (Fsp3) is 0.100. The Labute approximate surface area is 80.1 Å². The fourth-order valence-corrected chi connectivity index (χ4v) is 1.41. The second kappa shape index (κ2) is 3.06. The molecule has 1 aliphatic rings. The van der Waals surface area contributed by atoms with E-state index in [-0.39, 0.29) is 0 Å². The third-order valence-electron chi connectivity index (χ3n) is 2.14. The molecule has 0 N–H and O–H groups in total. The van der Waals surface area contributed by atoms with E-state index in [1.807, 2.05) is 0 Å². The van der Waals surface area contributed by atoms with Crippen LogP contribution in [0.3, 0.4) is 0 Å². The Hall–Kier alpha value is -1.97. The third-order valence-corrected chi connectivity index (χ3v) is 2.14. The highest BCUT2D eigenvalue weighted by Gasteiger charge is 2.46. The second-order valence-electron chi connectivity index (χ2n) is 2.96. The zero-order valence-electron chi connectivity index (χ0n) is 7.21. The average molecular weight is 189 g/mol. The molecule has 1 atom stereocenters. The van der Waals surface area contributed by atoms with Crippen LogP contribution < -0.4 is 4.90 Å². The molecule has 14 heavy (non-hydrogen) atoms. The first-order valence-electron chi connectivity index (χ1n) is 4.13. The summed E-state index contributed by atoms with van der Waals surface area (Å²) in [5.74, 6) is -1.25. The average Bonchev–Trinajstić information content (AvgIpc) is 2.25. The van der Waals surface area contributed by atoms with Crippen LogP contribution >= 0.6 is 0 Å². The van der Waals surface area contributed by atoms with E-state index in [2.05, 4.69) is 0 Å². The van der Waals surface area contributed by atoms with Gasteiger partial charge in [-0.15, -0.1) is 0 Å². The highest BCUT2D eigenvalue weighted by atomic mass is 16.2. The van der Waals surface area contributed by atoms with E-state index in [4.69, 9.17) is 0 Å². The highest BCUT2D eigenvalue weighted by Crippen LogP contribution is 2.23. The number of hydrogen-bond acceptors (Lipinski definition) is 3. The maximum Gasteiger partial charge on any atom is 0.298 e. The van der Waals surface area contributed by atoms with Crippen LogP contribution in [0.4, 0.5) is 5.69 Å². The fourth-order valence-electron chi connectivity index (χ4n) is 1.41. The van der Waals surface area contributed by atoms with Crippen LogP contribution in [0.25, 0.3) is 0 Å². The van der Waals surface area contributed by atoms with Crippen LogP contribution in [-0.4, -0.2) is 24.0 Å². The van der Waals surface area contributed by atoms with Crippen molar-refractivity contribution in [3.05, 3.63) is 30.3 Å². The number of Topliss-reactive ketones (excluding diaryl/α,β-unsaturated/α-hetero) is 1. The lowest BCUT2D eigenvalue weighted by Gasteiger charge is -2.34. The van der Waals surface area contributed by atoms with Gasteiger partial charge in [-0.25, -0.2) is 0 Å². The number of aldehydes is 1. The van der Waals surface area contributed by atoms with E-state index in [1.165, 1.54) is 4.90 Å². The molecule has 0 aliphatic carbocycles. The maximum atomic E-state index is 11.1. The predicted octanol–water partition coefficient (Wildman–Crippen LogP) is 0.170. The molecule has 4 heteroatoms. The van der Waals surface area contributed by atoms with E-state index in [0.717, 1.165) is 0 Å². The number of benzene rings is 1. The summed E-state index contributed by atoms with van der Waals surface area (Å²) in [6.45, 7) is 0. The number of anilines is 1. The van der Waals surface area contributed by atoms with Gasteiger partial charge in [-0.05, 0) is 12.1 Å². The summed E-state index contributed by atoms with van der Waals surface area (Å²) >= 11 is 0. The maximum absolute atomic E-state index is 11.1. The highest BCUT2D eigenvalue weighted by molar-refractivity contribution is 6.55. The van der Waals surface area contributed by atoms with E-state index in [9.17, 15) is 14.4 Å². The monoisotopic (exact) mass is 189 g/mol. The summed E-state index contributed by atoms with van der Waals surface area (Å²) in [6, 6.07) is 7.72. The molecule has 1 heterocycles. The Kier molecular flexibility index (Phi) is 1.89. The predicted molar refractivity (Wildman–Crippen MR) is 48.8 cm³/mol. The molecule has 1 fully saturated rings. The number of nitrogens with zero attached hydrogens (tertiary/aromatic N) is 1. The zero-order valence-corrected chi connectivity index (χ0v) is 7.21. The van der Waals surface area contributed by atoms with Crippen molar-refractivity contribution in [3.8, 4) is 0 Å². The zero-order chi connectivity index (χ0) is 10.1. The Morgan fingerprint density at radius 1 is 1.14 bits per heavy atom. The minimum absolute atomic E-state index is 0.483. The van der Waals surface area contributed by atoms with Crippen molar-refractivity contribution in [1.29, 1.82) is 0 Å². The summed E-state index contributed by atoms with van der Waals surface area (Å²) in [7, 11) is 0. The van der Waals surface area contributed by atoms with Gasteiger partial charge in [0, 0.05) is 5.69 Å². The van der Waals surface area contributed by atoms with Crippen molar-refractivity contribution in [3.63, 3.8) is 0 Å². The minimum Gasteiger partial charge on any atom is -0.301 e. The first kappa shape index (κ1) is 8.62. The molecule has 1 aromatic rings. The van der Waals surface area contributed by atoms with E-state index < -0.39 is 17.7 Å². The molecule has 70 valence electrons. The van der Waals surface area contributed by atoms with Gasteiger partial charge in [0.2, 0.25) is 0 Å². The lowest BCUT2D eigenvalue weighted by molar-refractivity contribution is -0.144. The second-order valence-corrected chi connectivity index (χ2v) is 2.96. The van der Waals surface area contributed by atoms with Gasteiger partial charge < -0.3 is 4.79 Å². The number of ketones is 1. The van der Waals surface area contributed by atoms with E-state index >= 15 is 0 Å². The van der Waals surface area contributed by atoms with Crippen molar-refractivity contribution >= 4 is 23.7 Å². The van der Waals surface area contributed by atoms with Gasteiger partial charge in [-0.1, -0.05) is 18.2 Å². The van der Waals surface area contributed by atoms with Crippen LogP contribution in [0.5, 0.6) is 0 Å². The Morgan fingerprint density at radius 3 is 2.36 bits per heavy atom. The van der Waals surface area contributed by atoms with Gasteiger partial charge >= 0.3 is 0 Å². The lowest BCUT2D eigenvalue weighted by atomic mass is 10.0. The molecule has 0 radical (unpaired) electrons. The standard InChI is InChI=1S/C10H7NO3/c12-6-8-9(13)10(14)11(8)7-4-2-1-3-5-7/h1-6,8H/t8-/m1/s1. The van der Waals surface area contributed by atoms with Crippen LogP contribution in [0.1, 0.15) is 0 Å². The van der Waals surface area contributed by atoms with Crippen molar-refractivity contribution in [2.45, 2.75) is 6.04 Å². The summed E-state index contributed by atoms with van der Waals surface area (Å²) in [5, 5.41) is 0. The van der Waals surface area contributed by atoms with Crippen molar-refractivity contribution in [1.82, 2.24) is 0 Å². The molecule has 1 aliphatic heterocycles. The van der Waals surface area contributed by atoms with Gasteiger partial charge in [0.25, 0.3) is 11.7 Å². The van der Waals surface area contributed by atoms with Gasteiger partial charge in [0.05, 0.1) is 0 Å². The molecule has 4 nitrogen and oxygen atoms in total. The SMILES string of the molecule is O=C[C@@H]1C(=O)C(=O)N1c1ccccc1. The largest absolute Gasteiger partial charge is 0.301 e. The van der Waals surface area contributed by atoms with Gasteiger partial charge in [-0.3, -0.25) is 14.5 Å². The number of carbonyl (C=O) groups excluding carboxylic acids is 3. The van der Waals surface area contributed by atoms with Gasteiger partial charge in [-0.2, -0.15) is 0 Å². The quantitative estimate of drug-likeness (QED) is 0.288. The number of amides is 1. The first-order valence-corrected chi connectivity index (χ1v) is 4.13. The van der Waals surface area contributed by atoms with Crippen molar-refractivity contribution in [2.24, 2.45) is 0 Å². The molecule has 0 spiro atoms. The number of rotatable bonds is 2. The van der Waals surface area contributed by atoms with Crippen LogP contribution in [-0.2, 0) is 14.4 Å². The van der Waals surface area contributed by atoms with Crippen LogP contribution in [0.15, 0.2) is 30.3 Å². The molecule has 0 bridgehead atoms. The molecule has 1 aromatic carbocycles. The molecule has 0 saturated carbocycles. The smallest absolute Gasteiger partial charge is 0.298 e. The molecule has 1 saturated heterocycles. The summed E-state index contributed by atoms with van der Waals surface area (Å²) < 4.78 is 0. The molecule has 0 unspecified atom stereocenters. The first-order chi connectivity index (χ1) is 6.75. The Morgan fingerprint density at radius 2 is 1.79 bits per heavy atom. The van der Waals surface area contributed by atoms with E-state index in [0.29, 0.717) is 12.0 Å². The Bertz CT molecular complexity index is 399. The molecular formula is C10H7NO3.